The summed E-state index contributed by atoms with van der Waals surface area (Å²) in [7, 11) is -1.33. The lowest BCUT2D eigenvalue weighted by molar-refractivity contribution is -0.734. The maximum absolute atomic E-state index is 10.5. The number of aromatic nitrogens is 2. The molecule has 17 heavy (non-hydrogen) atoms. The van der Waals surface area contributed by atoms with Gasteiger partial charge >= 0.3 is 0 Å². The number of nitrogens with zero attached hydrogens (tertiary/aromatic N) is 2. The van der Waals surface area contributed by atoms with Crippen molar-refractivity contribution in [1.29, 1.82) is 0 Å². The van der Waals surface area contributed by atoms with Crippen LogP contribution < -0.4 is 9.58 Å². The van der Waals surface area contributed by atoms with Crippen LogP contribution in [0.15, 0.2) is 24.3 Å². The maximum atomic E-state index is 10.5. The Hall–Kier alpha value is -1.29. The minimum Gasteiger partial charge on any atom is -0.781 e. The summed E-state index contributed by atoms with van der Waals surface area (Å²) in [6, 6.07) is 7.59. The highest BCUT2D eigenvalue weighted by atomic mass is 31.1. The van der Waals surface area contributed by atoms with Gasteiger partial charge in [-0.25, -0.2) is 0 Å². The molecule has 0 saturated heterocycles. The molecule has 2 aromatic rings. The monoisotopic (exact) mass is 252 g/mol. The van der Waals surface area contributed by atoms with Gasteiger partial charge in [-0.15, -0.1) is 0 Å². The number of rotatable bonds is 3. The smallest absolute Gasteiger partial charge is 0.211 e. The van der Waals surface area contributed by atoms with Crippen LogP contribution in [0, 0.1) is 6.92 Å². The van der Waals surface area contributed by atoms with E-state index >= 15 is 0 Å². The SMILES string of the molecule is Cc1c(CO[PH](=O)[O-])c2ccccc2n[n+]1C. The molecule has 0 saturated carbocycles. The molecular formula is C11H13N2O3P. The molecule has 0 aliphatic carbocycles. The third kappa shape index (κ3) is 2.52. The lowest BCUT2D eigenvalue weighted by Crippen LogP contribution is -2.37. The number of benzene rings is 1. The Morgan fingerprint density at radius 2 is 2.18 bits per heavy atom. The number of hydrogen-bond acceptors (Lipinski definition) is 4. The van der Waals surface area contributed by atoms with Crippen molar-refractivity contribution in [1.82, 2.24) is 5.10 Å². The molecule has 0 aliphatic heterocycles. The molecule has 2 rings (SSSR count). The van der Waals surface area contributed by atoms with E-state index in [0.29, 0.717) is 0 Å². The van der Waals surface area contributed by atoms with Gasteiger partial charge in [-0.1, -0.05) is 22.9 Å². The fourth-order valence-electron chi connectivity index (χ4n) is 1.76. The van der Waals surface area contributed by atoms with Gasteiger partial charge in [0.2, 0.25) is 5.69 Å². The zero-order valence-corrected chi connectivity index (χ0v) is 10.6. The lowest BCUT2D eigenvalue weighted by Gasteiger charge is -2.09. The van der Waals surface area contributed by atoms with E-state index in [1.54, 1.807) is 4.68 Å². The first-order valence-electron chi connectivity index (χ1n) is 5.18. The number of fused-ring (bicyclic) bond motifs is 1. The first kappa shape index (κ1) is 12.2. The van der Waals surface area contributed by atoms with E-state index in [1.807, 2.05) is 38.2 Å². The molecule has 5 nitrogen and oxygen atoms in total. The van der Waals surface area contributed by atoms with Gasteiger partial charge in [0.25, 0.3) is 0 Å². The largest absolute Gasteiger partial charge is 0.781 e. The molecular weight excluding hydrogens is 239 g/mol. The molecule has 1 aromatic heterocycles. The summed E-state index contributed by atoms with van der Waals surface area (Å²) in [6.07, 6.45) is 0. The van der Waals surface area contributed by atoms with Gasteiger partial charge in [0.05, 0.1) is 12.2 Å². The van der Waals surface area contributed by atoms with Crippen molar-refractivity contribution in [2.45, 2.75) is 13.5 Å². The standard InChI is InChI=1S/C11H13N2O3P/c1-8-10(7-16-17(14)15)9-5-3-4-6-11(9)12-13(8)2/h3-6,17H,7H2,1-2H3. The van der Waals surface area contributed by atoms with Crippen LogP contribution in [-0.2, 0) is 22.7 Å². The molecule has 1 heterocycles. The van der Waals surface area contributed by atoms with Gasteiger partial charge in [-0.3, -0.25) is 0 Å². The summed E-state index contributed by atoms with van der Waals surface area (Å²) in [4.78, 5) is 10.5. The lowest BCUT2D eigenvalue weighted by atomic mass is 10.1. The van der Waals surface area contributed by atoms with Gasteiger partial charge in [0.15, 0.2) is 7.05 Å². The van der Waals surface area contributed by atoms with Crippen LogP contribution in [0.3, 0.4) is 0 Å². The second-order valence-corrected chi connectivity index (χ2v) is 4.53. The van der Waals surface area contributed by atoms with Crippen LogP contribution >= 0.6 is 8.25 Å². The van der Waals surface area contributed by atoms with E-state index < -0.39 is 8.25 Å². The summed E-state index contributed by atoms with van der Waals surface area (Å²) in [5, 5.41) is 5.30. The second kappa shape index (κ2) is 4.92. The highest BCUT2D eigenvalue weighted by molar-refractivity contribution is 7.30. The summed E-state index contributed by atoms with van der Waals surface area (Å²) < 4.78 is 17.0. The molecule has 6 heteroatoms. The average molecular weight is 252 g/mol. The minimum absolute atomic E-state index is 0.0595. The zero-order valence-electron chi connectivity index (χ0n) is 9.64. The maximum Gasteiger partial charge on any atom is 0.211 e. The molecule has 0 fully saturated rings. The average Bonchev–Trinajstić information content (AvgIpc) is 2.29. The summed E-state index contributed by atoms with van der Waals surface area (Å²) in [6.45, 7) is 1.95. The van der Waals surface area contributed by atoms with Crippen LogP contribution in [0.2, 0.25) is 0 Å². The van der Waals surface area contributed by atoms with Crippen molar-refractivity contribution < 1.29 is 18.7 Å². The molecule has 0 radical (unpaired) electrons. The number of hydrogen-bond donors (Lipinski definition) is 0. The van der Waals surface area contributed by atoms with Crippen molar-refractivity contribution in [2.75, 3.05) is 0 Å². The van der Waals surface area contributed by atoms with Crippen molar-refractivity contribution in [3.05, 3.63) is 35.5 Å². The van der Waals surface area contributed by atoms with Crippen molar-refractivity contribution in [3.63, 3.8) is 0 Å². The third-order valence-electron chi connectivity index (χ3n) is 2.74. The van der Waals surface area contributed by atoms with Gasteiger partial charge in [0, 0.05) is 17.4 Å². The van der Waals surface area contributed by atoms with Gasteiger partial charge < -0.3 is 14.0 Å². The Bertz CT molecular complexity index is 586. The van der Waals surface area contributed by atoms with E-state index in [9.17, 15) is 9.46 Å². The fourth-order valence-corrected chi connectivity index (χ4v) is 2.02. The second-order valence-electron chi connectivity index (χ2n) is 3.74. The Kier molecular flexibility index (Phi) is 3.52. The van der Waals surface area contributed by atoms with Crippen LogP contribution in [0.4, 0.5) is 0 Å². The summed E-state index contributed by atoms with van der Waals surface area (Å²) in [5.41, 5.74) is 2.57. The van der Waals surface area contributed by atoms with Crippen LogP contribution in [-0.4, -0.2) is 5.10 Å². The Balaban J connectivity index is 2.57. The predicted molar refractivity (Wildman–Crippen MR) is 61.4 cm³/mol. The Labute approximate surface area is 99.6 Å². The molecule has 1 aromatic carbocycles. The highest BCUT2D eigenvalue weighted by Crippen LogP contribution is 2.21. The van der Waals surface area contributed by atoms with Crippen LogP contribution in [0.25, 0.3) is 10.9 Å². The molecule has 0 bridgehead atoms. The molecule has 0 N–H and O–H groups in total. The molecule has 1 unspecified atom stereocenters. The van der Waals surface area contributed by atoms with Crippen molar-refractivity contribution in [2.24, 2.45) is 7.05 Å². The first-order chi connectivity index (χ1) is 8.09. The topological polar surface area (TPSA) is 66.1 Å². The minimum atomic E-state index is -3.16. The highest BCUT2D eigenvalue weighted by Gasteiger charge is 2.15. The van der Waals surface area contributed by atoms with E-state index in [4.69, 9.17) is 4.52 Å². The molecule has 1 atom stereocenters. The zero-order chi connectivity index (χ0) is 12.4. The van der Waals surface area contributed by atoms with E-state index in [0.717, 1.165) is 22.2 Å². The molecule has 0 spiro atoms. The van der Waals surface area contributed by atoms with E-state index in [1.165, 1.54) is 0 Å². The third-order valence-corrected chi connectivity index (χ3v) is 3.12. The summed E-state index contributed by atoms with van der Waals surface area (Å²) in [5.74, 6) is 0. The van der Waals surface area contributed by atoms with Crippen molar-refractivity contribution >= 4 is 19.2 Å². The van der Waals surface area contributed by atoms with E-state index in [-0.39, 0.29) is 6.61 Å². The molecule has 90 valence electrons. The van der Waals surface area contributed by atoms with Crippen molar-refractivity contribution in [3.8, 4) is 0 Å². The fraction of sp³-hybridized carbons (Fsp3) is 0.273. The van der Waals surface area contributed by atoms with Gasteiger partial charge in [-0.05, 0) is 6.07 Å². The normalized spacial score (nSPS) is 12.9. The van der Waals surface area contributed by atoms with Crippen LogP contribution in [0.1, 0.15) is 11.3 Å². The summed E-state index contributed by atoms with van der Waals surface area (Å²) >= 11 is 0. The first-order valence-corrected chi connectivity index (χ1v) is 6.40. The molecule has 0 aliphatic rings. The number of aryl methyl sites for hydroxylation is 1. The Morgan fingerprint density at radius 3 is 2.88 bits per heavy atom. The quantitative estimate of drug-likeness (QED) is 0.593. The Morgan fingerprint density at radius 1 is 1.47 bits per heavy atom. The van der Waals surface area contributed by atoms with Crippen LogP contribution in [0.5, 0.6) is 0 Å². The van der Waals surface area contributed by atoms with Gasteiger partial charge in [0.1, 0.15) is 13.8 Å². The molecule has 0 amide bonds. The predicted octanol–water partition coefficient (Wildman–Crippen LogP) is 0.634. The van der Waals surface area contributed by atoms with E-state index in [2.05, 4.69) is 5.10 Å². The van der Waals surface area contributed by atoms with Gasteiger partial charge in [-0.2, -0.15) is 0 Å².